The van der Waals surface area contributed by atoms with Gasteiger partial charge in [-0.15, -0.1) is 5.10 Å². The molecule has 4 rings (SSSR count). The number of benzene rings is 3. The van der Waals surface area contributed by atoms with E-state index in [9.17, 15) is 0 Å². The molecule has 3 aromatic carbocycles. The van der Waals surface area contributed by atoms with Gasteiger partial charge in [-0.1, -0.05) is 47.6 Å². The average molecular weight is 387 g/mol. The Morgan fingerprint density at radius 3 is 2.14 bits per heavy atom. The third kappa shape index (κ3) is 4.93. The molecule has 1 aromatic heterocycles. The van der Waals surface area contributed by atoms with E-state index >= 15 is 0 Å². The first kappa shape index (κ1) is 18.6. The summed E-state index contributed by atoms with van der Waals surface area (Å²) < 4.78 is 16.8. The second-order valence-electron chi connectivity index (χ2n) is 6.26. The van der Waals surface area contributed by atoms with Crippen LogP contribution in [0.5, 0.6) is 11.5 Å². The van der Waals surface area contributed by atoms with Crippen LogP contribution in [0.4, 0.5) is 11.7 Å². The van der Waals surface area contributed by atoms with Crippen molar-refractivity contribution in [2.75, 3.05) is 11.9 Å². The maximum Gasteiger partial charge on any atom is 0.320 e. The molecule has 0 aliphatic rings. The van der Waals surface area contributed by atoms with Gasteiger partial charge >= 0.3 is 6.01 Å². The Labute approximate surface area is 169 Å². The van der Waals surface area contributed by atoms with E-state index in [4.69, 9.17) is 13.9 Å². The predicted molar refractivity (Wildman–Crippen MR) is 111 cm³/mol. The fraction of sp³-hybridized carbons (Fsp3) is 0.130. The summed E-state index contributed by atoms with van der Waals surface area (Å²) in [6.45, 7) is 2.78. The lowest BCUT2D eigenvalue weighted by Gasteiger charge is -2.06. The minimum Gasteiger partial charge on any atom is -0.494 e. The highest BCUT2D eigenvalue weighted by Crippen LogP contribution is 2.23. The summed E-state index contributed by atoms with van der Waals surface area (Å²) in [5, 5.41) is 11.1. The Hall–Kier alpha value is -3.80. The first-order valence-corrected chi connectivity index (χ1v) is 9.41. The quantitative estimate of drug-likeness (QED) is 0.433. The van der Waals surface area contributed by atoms with Crippen molar-refractivity contribution in [3.63, 3.8) is 0 Å². The number of rotatable bonds is 8. The van der Waals surface area contributed by atoms with E-state index in [-0.39, 0.29) is 6.61 Å². The van der Waals surface area contributed by atoms with Crippen LogP contribution in [0.1, 0.15) is 12.8 Å². The van der Waals surface area contributed by atoms with Gasteiger partial charge in [-0.3, -0.25) is 0 Å². The van der Waals surface area contributed by atoms with Gasteiger partial charge in [0.05, 0.1) is 6.61 Å². The standard InChI is InChI=1S/C23H21N3O3/c1-2-27-20-14-10-19(11-15-20)24-23-26-25-22(29-23)16-28-21-12-8-18(9-13-21)17-6-4-3-5-7-17/h3-15H,2,16H2,1H3,(H,24,26). The maximum atomic E-state index is 5.75. The van der Waals surface area contributed by atoms with E-state index in [2.05, 4.69) is 27.6 Å². The van der Waals surface area contributed by atoms with Gasteiger partial charge in [0.15, 0.2) is 6.61 Å². The Morgan fingerprint density at radius 2 is 1.41 bits per heavy atom. The van der Waals surface area contributed by atoms with Crippen molar-refractivity contribution in [1.82, 2.24) is 10.2 Å². The highest BCUT2D eigenvalue weighted by Gasteiger charge is 2.08. The zero-order valence-electron chi connectivity index (χ0n) is 16.0. The predicted octanol–water partition coefficient (Wildman–Crippen LogP) is 5.46. The maximum absolute atomic E-state index is 5.75. The highest BCUT2D eigenvalue weighted by molar-refractivity contribution is 5.63. The summed E-state index contributed by atoms with van der Waals surface area (Å²) in [6, 6.07) is 26.0. The molecule has 0 atom stereocenters. The fourth-order valence-corrected chi connectivity index (χ4v) is 2.81. The third-order valence-corrected chi connectivity index (χ3v) is 4.21. The molecule has 6 nitrogen and oxygen atoms in total. The number of anilines is 2. The molecule has 0 aliphatic carbocycles. The van der Waals surface area contributed by atoms with Crippen LogP contribution in [0.25, 0.3) is 11.1 Å². The van der Waals surface area contributed by atoms with Gasteiger partial charge in [0, 0.05) is 5.69 Å². The molecule has 6 heteroatoms. The van der Waals surface area contributed by atoms with Gasteiger partial charge in [0.1, 0.15) is 11.5 Å². The summed E-state index contributed by atoms with van der Waals surface area (Å²) in [6.07, 6.45) is 0. The van der Waals surface area contributed by atoms with Crippen LogP contribution in [0.2, 0.25) is 0 Å². The number of ether oxygens (including phenoxy) is 2. The minimum atomic E-state index is 0.197. The van der Waals surface area contributed by atoms with E-state index < -0.39 is 0 Å². The number of nitrogens with one attached hydrogen (secondary N) is 1. The number of aromatic nitrogens is 2. The molecule has 146 valence electrons. The Kier molecular flexibility index (Phi) is 5.71. The number of hydrogen-bond donors (Lipinski definition) is 1. The van der Waals surface area contributed by atoms with Crippen LogP contribution >= 0.6 is 0 Å². The van der Waals surface area contributed by atoms with Crippen molar-refractivity contribution in [3.8, 4) is 22.6 Å². The average Bonchev–Trinajstić information content (AvgIpc) is 3.22. The normalized spacial score (nSPS) is 10.5. The third-order valence-electron chi connectivity index (χ3n) is 4.21. The zero-order chi connectivity index (χ0) is 19.9. The fourth-order valence-electron chi connectivity index (χ4n) is 2.81. The first-order valence-electron chi connectivity index (χ1n) is 9.41. The van der Waals surface area contributed by atoms with Gasteiger partial charge < -0.3 is 19.2 Å². The molecule has 0 amide bonds. The lowest BCUT2D eigenvalue weighted by atomic mass is 10.1. The van der Waals surface area contributed by atoms with E-state index in [0.717, 1.165) is 22.7 Å². The molecule has 0 bridgehead atoms. The molecule has 0 aliphatic heterocycles. The van der Waals surface area contributed by atoms with Gasteiger partial charge in [-0.05, 0) is 54.4 Å². The molecule has 0 saturated heterocycles. The molecule has 1 heterocycles. The van der Waals surface area contributed by atoms with E-state index in [0.29, 0.717) is 18.5 Å². The number of nitrogens with zero attached hydrogens (tertiary/aromatic N) is 2. The lowest BCUT2D eigenvalue weighted by Crippen LogP contribution is -1.95. The minimum absolute atomic E-state index is 0.197. The van der Waals surface area contributed by atoms with Crippen LogP contribution < -0.4 is 14.8 Å². The van der Waals surface area contributed by atoms with Gasteiger partial charge in [0.25, 0.3) is 5.89 Å². The van der Waals surface area contributed by atoms with Crippen molar-refractivity contribution in [2.24, 2.45) is 0 Å². The largest absolute Gasteiger partial charge is 0.494 e. The molecule has 0 spiro atoms. The van der Waals surface area contributed by atoms with Crippen LogP contribution in [0, 0.1) is 0 Å². The van der Waals surface area contributed by atoms with Crippen molar-refractivity contribution in [1.29, 1.82) is 0 Å². The monoisotopic (exact) mass is 387 g/mol. The Morgan fingerprint density at radius 1 is 0.759 bits per heavy atom. The van der Waals surface area contributed by atoms with Crippen LogP contribution in [0.3, 0.4) is 0 Å². The second-order valence-corrected chi connectivity index (χ2v) is 6.26. The lowest BCUT2D eigenvalue weighted by molar-refractivity contribution is 0.265. The molecule has 0 radical (unpaired) electrons. The van der Waals surface area contributed by atoms with E-state index in [1.807, 2.05) is 73.7 Å². The second kappa shape index (κ2) is 8.93. The number of hydrogen-bond acceptors (Lipinski definition) is 6. The van der Waals surface area contributed by atoms with E-state index in [1.54, 1.807) is 0 Å². The molecular weight excluding hydrogens is 366 g/mol. The zero-order valence-corrected chi connectivity index (χ0v) is 16.0. The SMILES string of the molecule is CCOc1ccc(Nc2nnc(COc3ccc(-c4ccccc4)cc3)o2)cc1. The topological polar surface area (TPSA) is 69.4 Å². The molecular formula is C23H21N3O3. The smallest absolute Gasteiger partial charge is 0.320 e. The van der Waals surface area contributed by atoms with Crippen LogP contribution in [-0.4, -0.2) is 16.8 Å². The van der Waals surface area contributed by atoms with E-state index in [1.165, 1.54) is 5.56 Å². The van der Waals surface area contributed by atoms with Crippen LogP contribution in [-0.2, 0) is 6.61 Å². The summed E-state index contributed by atoms with van der Waals surface area (Å²) in [5.41, 5.74) is 3.14. The first-order chi connectivity index (χ1) is 14.3. The molecule has 4 aromatic rings. The molecule has 0 fully saturated rings. The van der Waals surface area contributed by atoms with Crippen molar-refractivity contribution in [3.05, 3.63) is 84.8 Å². The summed E-state index contributed by atoms with van der Waals surface area (Å²) >= 11 is 0. The molecule has 0 unspecified atom stereocenters. The molecule has 29 heavy (non-hydrogen) atoms. The molecule has 0 saturated carbocycles. The summed E-state index contributed by atoms with van der Waals surface area (Å²) in [5.74, 6) is 1.95. The Bertz CT molecular complexity index is 1030. The van der Waals surface area contributed by atoms with Crippen molar-refractivity contribution >= 4 is 11.7 Å². The Balaban J connectivity index is 1.32. The highest BCUT2D eigenvalue weighted by atomic mass is 16.5. The van der Waals surface area contributed by atoms with Crippen molar-refractivity contribution < 1.29 is 13.9 Å². The molecule has 1 N–H and O–H groups in total. The van der Waals surface area contributed by atoms with Crippen LogP contribution in [0.15, 0.2) is 83.3 Å². The van der Waals surface area contributed by atoms with Gasteiger partial charge in [-0.2, -0.15) is 0 Å². The van der Waals surface area contributed by atoms with Gasteiger partial charge in [0.2, 0.25) is 0 Å². The van der Waals surface area contributed by atoms with Crippen molar-refractivity contribution in [2.45, 2.75) is 13.5 Å². The summed E-state index contributed by atoms with van der Waals surface area (Å²) in [4.78, 5) is 0. The van der Waals surface area contributed by atoms with Gasteiger partial charge in [-0.25, -0.2) is 0 Å². The summed E-state index contributed by atoms with van der Waals surface area (Å²) in [7, 11) is 0.